The summed E-state index contributed by atoms with van der Waals surface area (Å²) in [6.45, 7) is 0.872. The second-order valence-electron chi connectivity index (χ2n) is 6.42. The van der Waals surface area contributed by atoms with Crippen molar-refractivity contribution in [1.82, 2.24) is 20.3 Å². The number of aliphatic carboxylic acids is 1. The third kappa shape index (κ3) is 3.61. The number of hydrogen-bond donors (Lipinski definition) is 4. The number of aromatic nitrogens is 3. The number of fused-ring (bicyclic) bond motifs is 1. The predicted octanol–water partition coefficient (Wildman–Crippen LogP) is 3.52. The predicted molar refractivity (Wildman–Crippen MR) is 104 cm³/mol. The maximum absolute atomic E-state index is 11.7. The Hall–Kier alpha value is -3.38. The number of para-hydroxylation sites is 1. The Bertz CT molecular complexity index is 1050. The number of nitrogens with zero attached hydrogens (tertiary/aromatic N) is 1. The van der Waals surface area contributed by atoms with Gasteiger partial charge in [-0.05, 0) is 11.6 Å². The molecule has 6 heteroatoms. The number of H-pyrrole nitrogens is 2. The SMILES string of the molecule is O=C(O)C(CNCc1c[nH]c2ccccc12)c1nc(-c2ccccc2)c[nH]1. The first-order valence-corrected chi connectivity index (χ1v) is 8.81. The number of carbonyl (C=O) groups is 1. The minimum atomic E-state index is -0.907. The fourth-order valence-corrected chi connectivity index (χ4v) is 3.20. The van der Waals surface area contributed by atoms with E-state index in [1.807, 2.05) is 54.7 Å². The van der Waals surface area contributed by atoms with Crippen LogP contribution in [0.1, 0.15) is 17.3 Å². The zero-order chi connectivity index (χ0) is 18.6. The lowest BCUT2D eigenvalue weighted by Gasteiger charge is -2.11. The Kier molecular flexibility index (Phi) is 4.72. The molecule has 2 heterocycles. The van der Waals surface area contributed by atoms with Gasteiger partial charge >= 0.3 is 5.97 Å². The van der Waals surface area contributed by atoms with Crippen LogP contribution in [0.5, 0.6) is 0 Å². The van der Waals surface area contributed by atoms with Gasteiger partial charge in [-0.1, -0.05) is 48.5 Å². The Labute approximate surface area is 156 Å². The second-order valence-corrected chi connectivity index (χ2v) is 6.42. The van der Waals surface area contributed by atoms with E-state index in [9.17, 15) is 9.90 Å². The Balaban J connectivity index is 1.46. The minimum absolute atomic E-state index is 0.288. The van der Waals surface area contributed by atoms with Gasteiger partial charge in [0.15, 0.2) is 0 Å². The summed E-state index contributed by atoms with van der Waals surface area (Å²) in [5.41, 5.74) is 3.88. The summed E-state index contributed by atoms with van der Waals surface area (Å²) in [6, 6.07) is 17.7. The third-order valence-electron chi connectivity index (χ3n) is 4.63. The highest BCUT2D eigenvalue weighted by Gasteiger charge is 2.23. The highest BCUT2D eigenvalue weighted by atomic mass is 16.4. The first-order chi connectivity index (χ1) is 13.2. The van der Waals surface area contributed by atoms with Crippen LogP contribution in [0.25, 0.3) is 22.2 Å². The Morgan fingerprint density at radius 2 is 1.81 bits per heavy atom. The van der Waals surface area contributed by atoms with Crippen LogP contribution in [0.3, 0.4) is 0 Å². The van der Waals surface area contributed by atoms with Crippen molar-refractivity contribution in [2.75, 3.05) is 6.54 Å². The summed E-state index contributed by atoms with van der Waals surface area (Å²) in [4.78, 5) is 22.5. The molecule has 1 unspecified atom stereocenters. The van der Waals surface area contributed by atoms with Gasteiger partial charge in [-0.25, -0.2) is 4.98 Å². The van der Waals surface area contributed by atoms with E-state index in [4.69, 9.17) is 0 Å². The first kappa shape index (κ1) is 17.1. The molecule has 0 aliphatic carbocycles. The number of carboxylic acids is 1. The zero-order valence-corrected chi connectivity index (χ0v) is 14.6. The molecule has 0 fully saturated rings. The molecule has 0 aliphatic heterocycles. The quantitative estimate of drug-likeness (QED) is 0.406. The smallest absolute Gasteiger partial charge is 0.315 e. The normalized spacial score (nSPS) is 12.3. The molecule has 2 aromatic carbocycles. The lowest BCUT2D eigenvalue weighted by atomic mass is 10.1. The largest absolute Gasteiger partial charge is 0.481 e. The van der Waals surface area contributed by atoms with Crippen LogP contribution in [0.4, 0.5) is 0 Å². The summed E-state index contributed by atoms with van der Waals surface area (Å²) in [7, 11) is 0. The van der Waals surface area contributed by atoms with Crippen LogP contribution < -0.4 is 5.32 Å². The van der Waals surface area contributed by atoms with Crippen LogP contribution in [0, 0.1) is 0 Å². The molecule has 4 N–H and O–H groups in total. The Morgan fingerprint density at radius 1 is 1.04 bits per heavy atom. The van der Waals surface area contributed by atoms with E-state index in [2.05, 4.69) is 26.3 Å². The molecule has 4 aromatic rings. The van der Waals surface area contributed by atoms with Crippen molar-refractivity contribution < 1.29 is 9.90 Å². The monoisotopic (exact) mass is 360 g/mol. The fraction of sp³-hybridized carbons (Fsp3) is 0.143. The van der Waals surface area contributed by atoms with E-state index >= 15 is 0 Å². The average molecular weight is 360 g/mol. The van der Waals surface area contributed by atoms with Crippen molar-refractivity contribution in [1.29, 1.82) is 0 Å². The van der Waals surface area contributed by atoms with E-state index in [-0.39, 0.29) is 6.54 Å². The van der Waals surface area contributed by atoms with Gasteiger partial charge < -0.3 is 20.4 Å². The van der Waals surface area contributed by atoms with Gasteiger partial charge in [-0.15, -0.1) is 0 Å². The van der Waals surface area contributed by atoms with Crippen molar-refractivity contribution in [2.45, 2.75) is 12.5 Å². The third-order valence-corrected chi connectivity index (χ3v) is 4.63. The van der Waals surface area contributed by atoms with Crippen LogP contribution in [-0.4, -0.2) is 32.6 Å². The standard InChI is InChI=1S/C21H20N4O2/c26-21(27)17(20-24-13-19(25-20)14-6-2-1-3-7-14)12-22-10-15-11-23-18-9-5-4-8-16(15)18/h1-9,11,13,17,22-23H,10,12H2,(H,24,25)(H,26,27). The van der Waals surface area contributed by atoms with Crippen molar-refractivity contribution in [2.24, 2.45) is 0 Å². The minimum Gasteiger partial charge on any atom is -0.481 e. The van der Waals surface area contributed by atoms with Gasteiger partial charge in [0, 0.05) is 41.9 Å². The Morgan fingerprint density at radius 3 is 2.63 bits per heavy atom. The van der Waals surface area contributed by atoms with Gasteiger partial charge in [0.1, 0.15) is 11.7 Å². The molecule has 0 spiro atoms. The van der Waals surface area contributed by atoms with E-state index in [0.717, 1.165) is 27.7 Å². The molecular formula is C21H20N4O2. The topological polar surface area (TPSA) is 93.8 Å². The second kappa shape index (κ2) is 7.47. The highest BCUT2D eigenvalue weighted by molar-refractivity contribution is 5.83. The summed E-state index contributed by atoms with van der Waals surface area (Å²) < 4.78 is 0. The molecule has 0 bridgehead atoms. The van der Waals surface area contributed by atoms with E-state index < -0.39 is 11.9 Å². The molecule has 0 amide bonds. The van der Waals surface area contributed by atoms with E-state index in [0.29, 0.717) is 12.4 Å². The summed E-state index contributed by atoms with van der Waals surface area (Å²) in [5, 5.41) is 14.0. The van der Waals surface area contributed by atoms with Crippen LogP contribution in [0.2, 0.25) is 0 Å². The van der Waals surface area contributed by atoms with Crippen molar-refractivity contribution >= 4 is 16.9 Å². The molecule has 136 valence electrons. The summed E-state index contributed by atoms with van der Waals surface area (Å²) >= 11 is 0. The average Bonchev–Trinajstić information content (AvgIpc) is 3.33. The molecule has 0 saturated heterocycles. The lowest BCUT2D eigenvalue weighted by molar-refractivity contribution is -0.138. The number of benzene rings is 2. The first-order valence-electron chi connectivity index (χ1n) is 8.81. The molecule has 27 heavy (non-hydrogen) atoms. The molecule has 1 atom stereocenters. The van der Waals surface area contributed by atoms with Crippen molar-refractivity contribution in [3.05, 3.63) is 78.4 Å². The lowest BCUT2D eigenvalue weighted by Crippen LogP contribution is -2.27. The van der Waals surface area contributed by atoms with Crippen molar-refractivity contribution in [3.8, 4) is 11.3 Å². The maximum Gasteiger partial charge on any atom is 0.315 e. The van der Waals surface area contributed by atoms with Gasteiger partial charge in [0.25, 0.3) is 0 Å². The summed E-state index contributed by atoms with van der Waals surface area (Å²) in [5.74, 6) is -1.20. The molecule has 4 rings (SSSR count). The molecule has 0 saturated carbocycles. The van der Waals surface area contributed by atoms with Crippen LogP contribution in [-0.2, 0) is 11.3 Å². The fourth-order valence-electron chi connectivity index (χ4n) is 3.20. The van der Waals surface area contributed by atoms with Crippen LogP contribution in [0.15, 0.2) is 67.0 Å². The van der Waals surface area contributed by atoms with Crippen LogP contribution >= 0.6 is 0 Å². The van der Waals surface area contributed by atoms with Gasteiger partial charge in [0.05, 0.1) is 5.69 Å². The number of imidazole rings is 1. The highest BCUT2D eigenvalue weighted by Crippen LogP contribution is 2.21. The van der Waals surface area contributed by atoms with E-state index in [1.165, 1.54) is 0 Å². The van der Waals surface area contributed by atoms with Crippen molar-refractivity contribution in [3.63, 3.8) is 0 Å². The summed E-state index contributed by atoms with van der Waals surface area (Å²) in [6.07, 6.45) is 3.70. The van der Waals surface area contributed by atoms with Gasteiger partial charge in [-0.2, -0.15) is 0 Å². The molecular weight excluding hydrogens is 340 g/mol. The number of hydrogen-bond acceptors (Lipinski definition) is 3. The zero-order valence-electron chi connectivity index (χ0n) is 14.6. The molecule has 0 aliphatic rings. The number of rotatable bonds is 7. The number of carboxylic acid groups (broad SMARTS) is 1. The molecule has 2 aromatic heterocycles. The van der Waals surface area contributed by atoms with Gasteiger partial charge in [-0.3, -0.25) is 4.79 Å². The molecule has 0 radical (unpaired) electrons. The number of nitrogens with one attached hydrogen (secondary N) is 3. The van der Waals surface area contributed by atoms with E-state index in [1.54, 1.807) is 6.20 Å². The molecule has 6 nitrogen and oxygen atoms in total. The maximum atomic E-state index is 11.7. The van der Waals surface area contributed by atoms with Gasteiger partial charge in [0.2, 0.25) is 0 Å². The number of aromatic amines is 2.